The molecule has 1 atom stereocenters. The number of hydrogen-bond acceptors (Lipinski definition) is 4. The predicted molar refractivity (Wildman–Crippen MR) is 107 cm³/mol. The highest BCUT2D eigenvalue weighted by Gasteiger charge is 2.14. The van der Waals surface area contributed by atoms with E-state index in [9.17, 15) is 13.2 Å². The van der Waals surface area contributed by atoms with Crippen LogP contribution in [0.25, 0.3) is 11.3 Å². The zero-order chi connectivity index (χ0) is 20.1. The second-order valence-corrected chi connectivity index (χ2v) is 8.10. The van der Waals surface area contributed by atoms with E-state index in [1.165, 1.54) is 12.1 Å². The summed E-state index contributed by atoms with van der Waals surface area (Å²) in [6.45, 7) is 1.79. The second kappa shape index (κ2) is 8.41. The fourth-order valence-corrected chi connectivity index (χ4v) is 3.43. The first kappa shape index (κ1) is 19.9. The first-order valence-corrected chi connectivity index (χ1v) is 10.4. The first-order valence-electron chi connectivity index (χ1n) is 8.89. The lowest BCUT2D eigenvalue weighted by atomic mass is 10.1. The molecule has 7 heteroatoms. The van der Waals surface area contributed by atoms with Gasteiger partial charge >= 0.3 is 0 Å². The summed E-state index contributed by atoms with van der Waals surface area (Å²) in [7, 11) is -3.78. The number of furan rings is 1. The molecule has 0 saturated heterocycles. The molecule has 0 radical (unpaired) electrons. The van der Waals surface area contributed by atoms with Crippen molar-refractivity contribution in [2.75, 3.05) is 0 Å². The summed E-state index contributed by atoms with van der Waals surface area (Å²) in [6.07, 6.45) is 0.740. The maximum atomic E-state index is 12.3. The number of carbonyl (C=O) groups is 1. The van der Waals surface area contributed by atoms with Crippen molar-refractivity contribution in [2.24, 2.45) is 5.14 Å². The van der Waals surface area contributed by atoms with Gasteiger partial charge in [0, 0.05) is 18.4 Å². The third-order valence-electron chi connectivity index (χ3n) is 4.38. The van der Waals surface area contributed by atoms with Gasteiger partial charge in [-0.05, 0) is 36.8 Å². The molecular weight excluding hydrogens is 376 g/mol. The molecule has 3 N–H and O–H groups in total. The number of aryl methyl sites for hydroxylation is 1. The summed E-state index contributed by atoms with van der Waals surface area (Å²) < 4.78 is 28.7. The SMILES string of the molecule is C[C@H](NC(=O)CCc1ccc(-c2ccccc2)o1)c1cccc(S(N)(=O)=O)c1. The molecule has 0 saturated carbocycles. The van der Waals surface area contributed by atoms with Crippen LogP contribution in [0.3, 0.4) is 0 Å². The standard InChI is InChI=1S/C21H22N2O4S/c1-15(17-8-5-9-19(14-17)28(22,25)26)23-21(24)13-11-18-10-12-20(27-18)16-6-3-2-4-7-16/h2-10,12,14-15H,11,13H2,1H3,(H,23,24)(H2,22,25,26)/t15-/m0/s1. The van der Waals surface area contributed by atoms with E-state index in [1.54, 1.807) is 19.1 Å². The van der Waals surface area contributed by atoms with Crippen molar-refractivity contribution < 1.29 is 17.6 Å². The molecule has 0 aliphatic heterocycles. The number of primary sulfonamides is 1. The van der Waals surface area contributed by atoms with Crippen LogP contribution in [-0.2, 0) is 21.2 Å². The summed E-state index contributed by atoms with van der Waals surface area (Å²) in [4.78, 5) is 12.3. The topological polar surface area (TPSA) is 102 Å². The molecule has 28 heavy (non-hydrogen) atoms. The molecule has 3 rings (SSSR count). The lowest BCUT2D eigenvalue weighted by Crippen LogP contribution is -2.27. The van der Waals surface area contributed by atoms with E-state index in [2.05, 4.69) is 5.32 Å². The molecule has 0 unspecified atom stereocenters. The molecule has 6 nitrogen and oxygen atoms in total. The Morgan fingerprint density at radius 1 is 1.07 bits per heavy atom. The zero-order valence-corrected chi connectivity index (χ0v) is 16.3. The maximum Gasteiger partial charge on any atom is 0.238 e. The van der Waals surface area contributed by atoms with E-state index in [0.29, 0.717) is 12.0 Å². The molecule has 0 spiro atoms. The van der Waals surface area contributed by atoms with Crippen LogP contribution < -0.4 is 10.5 Å². The summed E-state index contributed by atoms with van der Waals surface area (Å²) >= 11 is 0. The van der Waals surface area contributed by atoms with Gasteiger partial charge in [0.05, 0.1) is 10.9 Å². The molecule has 0 fully saturated rings. The van der Waals surface area contributed by atoms with Crippen molar-refractivity contribution in [2.45, 2.75) is 30.7 Å². The van der Waals surface area contributed by atoms with Crippen LogP contribution in [0.5, 0.6) is 0 Å². The van der Waals surface area contributed by atoms with E-state index in [4.69, 9.17) is 9.56 Å². The van der Waals surface area contributed by atoms with E-state index >= 15 is 0 Å². The Balaban J connectivity index is 1.57. The lowest BCUT2D eigenvalue weighted by Gasteiger charge is -2.15. The highest BCUT2D eigenvalue weighted by atomic mass is 32.2. The van der Waals surface area contributed by atoms with Gasteiger partial charge in [-0.15, -0.1) is 0 Å². The summed E-state index contributed by atoms with van der Waals surface area (Å²) in [5, 5.41) is 8.02. The molecule has 1 aromatic heterocycles. The molecule has 0 aliphatic rings. The van der Waals surface area contributed by atoms with Crippen LogP contribution >= 0.6 is 0 Å². The smallest absolute Gasteiger partial charge is 0.238 e. The Hall–Kier alpha value is -2.90. The lowest BCUT2D eigenvalue weighted by molar-refractivity contribution is -0.121. The first-order chi connectivity index (χ1) is 13.3. The average Bonchev–Trinajstić information content (AvgIpc) is 3.15. The maximum absolute atomic E-state index is 12.3. The van der Waals surface area contributed by atoms with Crippen molar-refractivity contribution in [3.63, 3.8) is 0 Å². The molecule has 3 aromatic rings. The van der Waals surface area contributed by atoms with Crippen molar-refractivity contribution in [3.8, 4) is 11.3 Å². The van der Waals surface area contributed by atoms with Crippen molar-refractivity contribution in [1.82, 2.24) is 5.32 Å². The second-order valence-electron chi connectivity index (χ2n) is 6.54. The van der Waals surface area contributed by atoms with Crippen LogP contribution in [0.15, 0.2) is 76.0 Å². The highest BCUT2D eigenvalue weighted by molar-refractivity contribution is 7.89. The van der Waals surface area contributed by atoms with Crippen LogP contribution in [-0.4, -0.2) is 14.3 Å². The minimum absolute atomic E-state index is 0.0233. The van der Waals surface area contributed by atoms with Crippen molar-refractivity contribution in [3.05, 3.63) is 78.1 Å². The van der Waals surface area contributed by atoms with E-state index in [1.807, 2.05) is 42.5 Å². The van der Waals surface area contributed by atoms with Gasteiger partial charge in [0.15, 0.2) is 0 Å². The molecule has 0 aliphatic carbocycles. The van der Waals surface area contributed by atoms with Gasteiger partial charge in [0.25, 0.3) is 0 Å². The van der Waals surface area contributed by atoms with Gasteiger partial charge < -0.3 is 9.73 Å². The number of nitrogens with two attached hydrogens (primary N) is 1. The van der Waals surface area contributed by atoms with Crippen LogP contribution in [0, 0.1) is 0 Å². The monoisotopic (exact) mass is 398 g/mol. The van der Waals surface area contributed by atoms with E-state index in [0.717, 1.165) is 17.1 Å². The average molecular weight is 398 g/mol. The number of rotatable bonds is 7. The predicted octanol–water partition coefficient (Wildman–Crippen LogP) is 3.40. The van der Waals surface area contributed by atoms with E-state index in [-0.39, 0.29) is 23.3 Å². The van der Waals surface area contributed by atoms with Gasteiger partial charge in [-0.25, -0.2) is 13.6 Å². The van der Waals surface area contributed by atoms with Gasteiger partial charge in [-0.2, -0.15) is 0 Å². The Kier molecular flexibility index (Phi) is 5.96. The summed E-state index contributed by atoms with van der Waals surface area (Å²) in [5.41, 5.74) is 1.66. The van der Waals surface area contributed by atoms with Gasteiger partial charge in [-0.1, -0.05) is 42.5 Å². The normalized spacial score (nSPS) is 12.5. The summed E-state index contributed by atoms with van der Waals surface area (Å²) in [6, 6.07) is 19.4. The number of benzene rings is 2. The molecule has 146 valence electrons. The Morgan fingerprint density at radius 2 is 1.82 bits per heavy atom. The molecule has 1 amide bonds. The fourth-order valence-electron chi connectivity index (χ4n) is 2.86. The number of nitrogens with one attached hydrogen (secondary N) is 1. The largest absolute Gasteiger partial charge is 0.461 e. The summed E-state index contributed by atoms with van der Waals surface area (Å²) in [5.74, 6) is 1.35. The minimum Gasteiger partial charge on any atom is -0.461 e. The number of amides is 1. The van der Waals surface area contributed by atoms with Gasteiger partial charge in [0.1, 0.15) is 11.5 Å². The number of hydrogen-bond donors (Lipinski definition) is 2. The fraction of sp³-hybridized carbons (Fsp3) is 0.190. The highest BCUT2D eigenvalue weighted by Crippen LogP contribution is 2.22. The van der Waals surface area contributed by atoms with Crippen LogP contribution in [0.2, 0.25) is 0 Å². The van der Waals surface area contributed by atoms with Crippen molar-refractivity contribution in [1.29, 1.82) is 0 Å². The zero-order valence-electron chi connectivity index (χ0n) is 15.5. The van der Waals surface area contributed by atoms with Crippen LogP contribution in [0.1, 0.15) is 30.7 Å². The van der Waals surface area contributed by atoms with E-state index < -0.39 is 10.0 Å². The quantitative estimate of drug-likeness (QED) is 0.637. The van der Waals surface area contributed by atoms with Crippen LogP contribution in [0.4, 0.5) is 0 Å². The number of sulfonamides is 1. The Bertz CT molecular complexity index is 1060. The van der Waals surface area contributed by atoms with Crippen molar-refractivity contribution >= 4 is 15.9 Å². The Morgan fingerprint density at radius 3 is 2.54 bits per heavy atom. The van der Waals surface area contributed by atoms with Gasteiger partial charge in [0.2, 0.25) is 15.9 Å². The van der Waals surface area contributed by atoms with Gasteiger partial charge in [-0.3, -0.25) is 4.79 Å². The number of carbonyl (C=O) groups excluding carboxylic acids is 1. The molecule has 2 aromatic carbocycles. The third-order valence-corrected chi connectivity index (χ3v) is 5.29. The third kappa shape index (κ3) is 5.09. The molecule has 0 bridgehead atoms. The minimum atomic E-state index is -3.78. The molecule has 1 heterocycles. The Labute approximate surface area is 164 Å². The molecular formula is C21H22N2O4S.